The standard InChI is InChI=1S/C13H13BrFNO/c1-8(14)7-16-13(17)12-6-11(12)9-3-2-4-10(15)5-9/h2-5,11-12H,1,6-7H2,(H,16,17)/t11-,12+/m0/s1. The Balaban J connectivity index is 1.92. The van der Waals surface area contributed by atoms with Crippen LogP contribution in [0.25, 0.3) is 0 Å². The average Bonchev–Trinajstić information content (AvgIpc) is 3.05. The van der Waals surface area contributed by atoms with E-state index in [9.17, 15) is 9.18 Å². The molecule has 4 heteroatoms. The fourth-order valence-corrected chi connectivity index (χ4v) is 2.04. The quantitative estimate of drug-likeness (QED) is 0.910. The van der Waals surface area contributed by atoms with E-state index in [1.807, 2.05) is 6.07 Å². The molecule has 0 radical (unpaired) electrons. The number of nitrogens with one attached hydrogen (secondary N) is 1. The van der Waals surface area contributed by atoms with Crippen LogP contribution < -0.4 is 5.32 Å². The summed E-state index contributed by atoms with van der Waals surface area (Å²) in [5.74, 6) is -0.0970. The third-order valence-corrected chi connectivity index (χ3v) is 3.14. The molecule has 2 rings (SSSR count). The molecule has 0 spiro atoms. The molecular weight excluding hydrogens is 285 g/mol. The predicted octanol–water partition coefficient (Wildman–Crippen LogP) is 2.95. The van der Waals surface area contributed by atoms with E-state index in [1.165, 1.54) is 12.1 Å². The van der Waals surface area contributed by atoms with Gasteiger partial charge in [0.2, 0.25) is 5.91 Å². The van der Waals surface area contributed by atoms with Crippen molar-refractivity contribution in [2.45, 2.75) is 12.3 Å². The predicted molar refractivity (Wildman–Crippen MR) is 68.3 cm³/mol. The lowest BCUT2D eigenvalue weighted by atomic mass is 10.1. The van der Waals surface area contributed by atoms with E-state index in [0.29, 0.717) is 6.54 Å². The summed E-state index contributed by atoms with van der Waals surface area (Å²) in [5.41, 5.74) is 0.905. The highest BCUT2D eigenvalue weighted by molar-refractivity contribution is 9.11. The molecule has 0 saturated heterocycles. The van der Waals surface area contributed by atoms with Crippen LogP contribution in [0.1, 0.15) is 17.9 Å². The summed E-state index contributed by atoms with van der Waals surface area (Å²) in [6.07, 6.45) is 0.796. The fourth-order valence-electron chi connectivity index (χ4n) is 1.90. The molecule has 1 aliphatic carbocycles. The van der Waals surface area contributed by atoms with Crippen molar-refractivity contribution < 1.29 is 9.18 Å². The molecular formula is C13H13BrFNO. The lowest BCUT2D eigenvalue weighted by Crippen LogP contribution is -2.26. The van der Waals surface area contributed by atoms with Gasteiger partial charge in [-0.1, -0.05) is 34.6 Å². The Hall–Kier alpha value is -1.16. The van der Waals surface area contributed by atoms with Crippen LogP contribution in [0.2, 0.25) is 0 Å². The van der Waals surface area contributed by atoms with Gasteiger partial charge in [0, 0.05) is 16.9 Å². The summed E-state index contributed by atoms with van der Waals surface area (Å²) >= 11 is 3.18. The third-order valence-electron chi connectivity index (χ3n) is 2.86. The van der Waals surface area contributed by atoms with Gasteiger partial charge >= 0.3 is 0 Å². The molecule has 90 valence electrons. The average molecular weight is 298 g/mol. The monoisotopic (exact) mass is 297 g/mol. The fraction of sp³-hybridized carbons (Fsp3) is 0.308. The molecule has 0 bridgehead atoms. The molecule has 2 atom stereocenters. The number of carbonyl (C=O) groups excluding carboxylic acids is 1. The van der Waals surface area contributed by atoms with Gasteiger partial charge in [-0.25, -0.2) is 4.39 Å². The van der Waals surface area contributed by atoms with Crippen LogP contribution in [-0.2, 0) is 4.79 Å². The third kappa shape index (κ3) is 3.16. The Labute approximate surface area is 108 Å². The summed E-state index contributed by atoms with van der Waals surface area (Å²) in [7, 11) is 0. The van der Waals surface area contributed by atoms with E-state index in [0.717, 1.165) is 16.5 Å². The number of benzene rings is 1. The van der Waals surface area contributed by atoms with E-state index in [-0.39, 0.29) is 23.6 Å². The van der Waals surface area contributed by atoms with E-state index in [4.69, 9.17) is 0 Å². The van der Waals surface area contributed by atoms with Crippen LogP contribution in [0.3, 0.4) is 0 Å². The number of rotatable bonds is 4. The molecule has 1 aromatic carbocycles. The highest BCUT2D eigenvalue weighted by Crippen LogP contribution is 2.47. The second-order valence-electron chi connectivity index (χ2n) is 4.24. The largest absolute Gasteiger partial charge is 0.351 e. The molecule has 1 aromatic rings. The second-order valence-corrected chi connectivity index (χ2v) is 5.36. The van der Waals surface area contributed by atoms with E-state index in [1.54, 1.807) is 6.07 Å². The van der Waals surface area contributed by atoms with E-state index < -0.39 is 0 Å². The molecule has 1 aliphatic rings. The molecule has 1 amide bonds. The molecule has 2 nitrogen and oxygen atoms in total. The lowest BCUT2D eigenvalue weighted by molar-refractivity contribution is -0.122. The van der Waals surface area contributed by atoms with Crippen LogP contribution in [0.15, 0.2) is 35.3 Å². The van der Waals surface area contributed by atoms with E-state index >= 15 is 0 Å². The zero-order chi connectivity index (χ0) is 12.4. The Morgan fingerprint density at radius 1 is 1.59 bits per heavy atom. The van der Waals surface area contributed by atoms with Gasteiger partial charge in [-0.15, -0.1) is 0 Å². The summed E-state index contributed by atoms with van der Waals surface area (Å²) in [6, 6.07) is 6.46. The molecule has 0 unspecified atom stereocenters. The van der Waals surface area contributed by atoms with Gasteiger partial charge in [0.1, 0.15) is 5.82 Å². The summed E-state index contributed by atoms with van der Waals surface area (Å²) < 4.78 is 13.8. The van der Waals surface area contributed by atoms with Crippen molar-refractivity contribution in [2.24, 2.45) is 5.92 Å². The molecule has 0 aliphatic heterocycles. The lowest BCUT2D eigenvalue weighted by Gasteiger charge is -2.03. The van der Waals surface area contributed by atoms with Gasteiger partial charge in [0.25, 0.3) is 0 Å². The Morgan fingerprint density at radius 3 is 3.00 bits per heavy atom. The van der Waals surface area contributed by atoms with Gasteiger partial charge in [0.15, 0.2) is 0 Å². The van der Waals surface area contributed by atoms with Crippen molar-refractivity contribution in [3.8, 4) is 0 Å². The van der Waals surface area contributed by atoms with Crippen molar-refractivity contribution in [2.75, 3.05) is 6.54 Å². The van der Waals surface area contributed by atoms with Crippen molar-refractivity contribution in [1.82, 2.24) is 5.32 Å². The summed E-state index contributed by atoms with van der Waals surface area (Å²) in [6.45, 7) is 4.08. The Kier molecular flexibility index (Phi) is 3.62. The molecule has 0 heterocycles. The van der Waals surface area contributed by atoms with Gasteiger partial charge in [-0.2, -0.15) is 0 Å². The SMILES string of the molecule is C=C(Br)CNC(=O)[C@@H]1C[C@H]1c1cccc(F)c1. The first-order valence-corrected chi connectivity index (χ1v) is 6.23. The zero-order valence-corrected chi connectivity index (χ0v) is 10.8. The first-order valence-electron chi connectivity index (χ1n) is 5.44. The van der Waals surface area contributed by atoms with Crippen molar-refractivity contribution in [3.63, 3.8) is 0 Å². The maximum absolute atomic E-state index is 13.0. The van der Waals surface area contributed by atoms with Gasteiger partial charge in [-0.3, -0.25) is 4.79 Å². The number of amides is 1. The van der Waals surface area contributed by atoms with Crippen LogP contribution in [0.4, 0.5) is 4.39 Å². The van der Waals surface area contributed by atoms with Crippen LogP contribution >= 0.6 is 15.9 Å². The summed E-state index contributed by atoms with van der Waals surface area (Å²) in [5, 5.41) is 2.78. The minimum Gasteiger partial charge on any atom is -0.351 e. The first kappa shape index (κ1) is 12.3. The maximum Gasteiger partial charge on any atom is 0.224 e. The van der Waals surface area contributed by atoms with Crippen LogP contribution in [-0.4, -0.2) is 12.5 Å². The highest BCUT2D eigenvalue weighted by atomic mass is 79.9. The minimum absolute atomic E-state index is 0.0138. The van der Waals surface area contributed by atoms with Crippen molar-refractivity contribution >= 4 is 21.8 Å². The van der Waals surface area contributed by atoms with Gasteiger partial charge in [-0.05, 0) is 30.0 Å². The topological polar surface area (TPSA) is 29.1 Å². The zero-order valence-electron chi connectivity index (χ0n) is 9.25. The Morgan fingerprint density at radius 2 is 2.35 bits per heavy atom. The number of carbonyl (C=O) groups is 1. The Bertz CT molecular complexity index is 460. The summed E-state index contributed by atoms with van der Waals surface area (Å²) in [4.78, 5) is 11.7. The molecule has 1 saturated carbocycles. The van der Waals surface area contributed by atoms with E-state index in [2.05, 4.69) is 27.8 Å². The molecule has 17 heavy (non-hydrogen) atoms. The number of halogens is 2. The highest BCUT2D eigenvalue weighted by Gasteiger charge is 2.43. The normalized spacial score (nSPS) is 22.0. The smallest absolute Gasteiger partial charge is 0.224 e. The first-order chi connectivity index (χ1) is 8.08. The van der Waals surface area contributed by atoms with Crippen LogP contribution in [0, 0.1) is 11.7 Å². The maximum atomic E-state index is 13.0. The minimum atomic E-state index is -0.248. The molecule has 1 N–H and O–H groups in total. The van der Waals surface area contributed by atoms with Crippen molar-refractivity contribution in [1.29, 1.82) is 0 Å². The molecule has 1 fully saturated rings. The molecule has 0 aromatic heterocycles. The number of hydrogen-bond acceptors (Lipinski definition) is 1. The van der Waals surface area contributed by atoms with Crippen LogP contribution in [0.5, 0.6) is 0 Å². The second kappa shape index (κ2) is 5.00. The van der Waals surface area contributed by atoms with Gasteiger partial charge < -0.3 is 5.32 Å². The van der Waals surface area contributed by atoms with Crippen molar-refractivity contribution in [3.05, 3.63) is 46.7 Å². The van der Waals surface area contributed by atoms with Gasteiger partial charge in [0.05, 0.1) is 0 Å². The number of hydrogen-bond donors (Lipinski definition) is 1.